The summed E-state index contributed by atoms with van der Waals surface area (Å²) in [5, 5.41) is 11.4. The maximum Gasteiger partial charge on any atom is 0.407 e. The van der Waals surface area contributed by atoms with E-state index in [0.29, 0.717) is 17.1 Å². The van der Waals surface area contributed by atoms with Crippen molar-refractivity contribution in [3.8, 4) is 10.4 Å². The maximum atomic E-state index is 13.7. The molecular weight excluding hydrogens is 579 g/mol. The summed E-state index contributed by atoms with van der Waals surface area (Å²) in [6.07, 6.45) is 4.50. The monoisotopic (exact) mass is 620 g/mol. The Kier molecular flexibility index (Phi) is 9.94. The quantitative estimate of drug-likeness (QED) is 0.244. The van der Waals surface area contributed by atoms with Crippen LogP contribution in [0.2, 0.25) is 0 Å². The Bertz CT molecular complexity index is 1490. The minimum atomic E-state index is -3.91. The van der Waals surface area contributed by atoms with Gasteiger partial charge in [-0.3, -0.25) is 4.68 Å². The number of hydrogen-bond acceptors (Lipinski definition) is 8. The Morgan fingerprint density at radius 1 is 1.19 bits per heavy atom. The van der Waals surface area contributed by atoms with Gasteiger partial charge in [-0.2, -0.15) is 5.10 Å². The number of aromatic nitrogens is 3. The predicted molar refractivity (Wildman–Crippen MR) is 164 cm³/mol. The molecule has 0 unspecified atom stereocenters. The highest BCUT2D eigenvalue weighted by atomic mass is 32.2. The number of benzene rings is 1. The Labute approximate surface area is 251 Å². The van der Waals surface area contributed by atoms with E-state index in [1.807, 2.05) is 26.8 Å². The van der Waals surface area contributed by atoms with Crippen molar-refractivity contribution in [1.29, 1.82) is 0 Å². The zero-order valence-electron chi connectivity index (χ0n) is 25.0. The van der Waals surface area contributed by atoms with Crippen LogP contribution in [0.4, 0.5) is 20.7 Å². The molecule has 1 amide bonds. The third-order valence-corrected chi connectivity index (χ3v) is 9.89. The van der Waals surface area contributed by atoms with Gasteiger partial charge < -0.3 is 15.4 Å². The van der Waals surface area contributed by atoms with E-state index in [-0.39, 0.29) is 35.6 Å². The van der Waals surface area contributed by atoms with Crippen molar-refractivity contribution in [2.75, 3.05) is 12.0 Å². The number of halogens is 1. The van der Waals surface area contributed by atoms with Gasteiger partial charge in [-0.1, -0.05) is 6.07 Å². The number of rotatable bonds is 10. The molecule has 42 heavy (non-hydrogen) atoms. The van der Waals surface area contributed by atoms with Gasteiger partial charge in [0.15, 0.2) is 5.82 Å². The molecule has 2 aromatic heterocycles. The number of nitrogens with one attached hydrogen (secondary N) is 3. The zero-order valence-corrected chi connectivity index (χ0v) is 26.7. The summed E-state index contributed by atoms with van der Waals surface area (Å²) in [6, 6.07) is 6.98. The van der Waals surface area contributed by atoms with Crippen LogP contribution < -0.4 is 15.4 Å². The van der Waals surface area contributed by atoms with Gasteiger partial charge in [-0.05, 0) is 79.4 Å². The molecule has 0 aliphatic heterocycles. The molecule has 1 aromatic carbocycles. The molecule has 230 valence electrons. The van der Waals surface area contributed by atoms with Crippen molar-refractivity contribution in [3.63, 3.8) is 0 Å². The van der Waals surface area contributed by atoms with Crippen LogP contribution in [-0.2, 0) is 21.3 Å². The van der Waals surface area contributed by atoms with Crippen molar-refractivity contribution in [2.45, 2.75) is 102 Å². The van der Waals surface area contributed by atoms with Crippen LogP contribution in [0.1, 0.15) is 76.9 Å². The number of nitrogens with zero attached hydrogens (tertiary/aromatic N) is 3. The van der Waals surface area contributed by atoms with E-state index in [0.717, 1.165) is 41.3 Å². The highest BCUT2D eigenvalue weighted by Gasteiger charge is 2.30. The fourth-order valence-corrected chi connectivity index (χ4v) is 7.99. The molecule has 0 spiro atoms. The molecule has 10 nitrogen and oxygen atoms in total. The molecule has 4 rings (SSSR count). The van der Waals surface area contributed by atoms with Crippen LogP contribution in [0.25, 0.3) is 10.4 Å². The Morgan fingerprint density at radius 2 is 1.90 bits per heavy atom. The third kappa shape index (κ3) is 8.29. The fourth-order valence-electron chi connectivity index (χ4n) is 5.00. The number of aryl methyl sites for hydroxylation is 2. The molecule has 0 bridgehead atoms. The van der Waals surface area contributed by atoms with Crippen LogP contribution in [0.15, 0.2) is 35.4 Å². The van der Waals surface area contributed by atoms with Crippen molar-refractivity contribution in [3.05, 3.63) is 41.2 Å². The van der Waals surface area contributed by atoms with Gasteiger partial charge in [0, 0.05) is 41.0 Å². The molecule has 3 N–H and O–H groups in total. The van der Waals surface area contributed by atoms with Gasteiger partial charge in [0.05, 0.1) is 33.1 Å². The van der Waals surface area contributed by atoms with Gasteiger partial charge in [0.25, 0.3) is 0 Å². The number of hydrogen-bond donors (Lipinski definition) is 3. The third-order valence-electron chi connectivity index (χ3n) is 6.74. The smallest absolute Gasteiger partial charge is 0.407 e. The number of alkyl carbamates (subject to hydrolysis) is 1. The molecule has 1 fully saturated rings. The summed E-state index contributed by atoms with van der Waals surface area (Å²) in [7, 11) is -3.91. The SMILES string of the molecule is Cc1nc([C@H]2CC[C@H](NC(=O)OC(C)C)CC2)sc1-c1ccc(Nc2ccn(CCF)n2)cc1S(=O)(=O)NC(C)(C)C. The standard InChI is InChI=1S/C29H41FN6O4S2/c1-18(2)40-28(37)33-21-9-7-20(8-10-21)27-31-19(3)26(41-27)23-12-11-22(32-25-13-15-36(34-25)16-14-30)17-24(23)42(38,39)35-29(4,5)6/h11-13,15,17-18,20-21,35H,7-10,14,16H2,1-6H3,(H,32,34)(H,33,37)/t20-,21-. The van der Waals surface area contributed by atoms with Crippen LogP contribution in [-0.4, -0.2) is 53.6 Å². The Balaban J connectivity index is 1.59. The Hall–Kier alpha value is -3.03. The predicted octanol–water partition coefficient (Wildman–Crippen LogP) is 6.27. The minimum Gasteiger partial charge on any atom is -0.447 e. The second-order valence-corrected chi connectivity index (χ2v) is 14.6. The van der Waals surface area contributed by atoms with E-state index in [9.17, 15) is 17.6 Å². The molecule has 0 atom stereocenters. The van der Waals surface area contributed by atoms with Gasteiger partial charge >= 0.3 is 6.09 Å². The van der Waals surface area contributed by atoms with E-state index in [1.54, 1.807) is 45.2 Å². The number of alkyl halides is 1. The second kappa shape index (κ2) is 13.1. The van der Waals surface area contributed by atoms with Crippen molar-refractivity contribution in [2.24, 2.45) is 0 Å². The van der Waals surface area contributed by atoms with Crippen LogP contribution in [0.5, 0.6) is 0 Å². The number of ether oxygens (including phenoxy) is 1. The molecule has 3 aromatic rings. The lowest BCUT2D eigenvalue weighted by molar-refractivity contribution is 0.109. The molecule has 13 heteroatoms. The van der Waals surface area contributed by atoms with Crippen LogP contribution in [0.3, 0.4) is 0 Å². The maximum absolute atomic E-state index is 13.7. The summed E-state index contributed by atoms with van der Waals surface area (Å²) in [4.78, 5) is 17.8. The fraction of sp³-hybridized carbons (Fsp3) is 0.552. The average Bonchev–Trinajstić information content (AvgIpc) is 3.49. The number of thiazole rings is 1. The molecular formula is C29H41FN6O4S2. The second-order valence-electron chi connectivity index (χ2n) is 12.0. The molecule has 1 aliphatic rings. The van der Waals surface area contributed by atoms with E-state index < -0.39 is 22.2 Å². The molecule has 1 aliphatic carbocycles. The normalized spacial score (nSPS) is 17.8. The molecule has 1 saturated carbocycles. The highest BCUT2D eigenvalue weighted by molar-refractivity contribution is 7.89. The first-order valence-corrected chi connectivity index (χ1v) is 16.5. The first-order chi connectivity index (χ1) is 19.7. The van der Waals surface area contributed by atoms with Crippen LogP contribution >= 0.6 is 11.3 Å². The van der Waals surface area contributed by atoms with Crippen molar-refractivity contribution >= 4 is 39.0 Å². The number of carbonyl (C=O) groups is 1. The first kappa shape index (κ1) is 31.9. The van der Waals surface area contributed by atoms with Crippen LogP contribution in [0, 0.1) is 6.92 Å². The number of sulfonamides is 1. The lowest BCUT2D eigenvalue weighted by atomic mass is 9.86. The summed E-state index contributed by atoms with van der Waals surface area (Å²) in [6.45, 7) is 10.6. The van der Waals surface area contributed by atoms with Crippen molar-refractivity contribution in [1.82, 2.24) is 24.8 Å². The number of carbonyl (C=O) groups excluding carboxylic acids is 1. The Morgan fingerprint density at radius 3 is 2.55 bits per heavy atom. The summed E-state index contributed by atoms with van der Waals surface area (Å²) in [5.74, 6) is 0.719. The summed E-state index contributed by atoms with van der Waals surface area (Å²) in [5.41, 5.74) is 1.21. The zero-order chi connectivity index (χ0) is 30.7. The first-order valence-electron chi connectivity index (χ1n) is 14.2. The average molecular weight is 621 g/mol. The lowest BCUT2D eigenvalue weighted by Gasteiger charge is -2.28. The summed E-state index contributed by atoms with van der Waals surface area (Å²) < 4.78 is 49.6. The minimum absolute atomic E-state index is 0.0664. The summed E-state index contributed by atoms with van der Waals surface area (Å²) >= 11 is 1.52. The molecule has 2 heterocycles. The number of amides is 1. The van der Waals surface area contributed by atoms with Gasteiger partial charge in [0.1, 0.15) is 6.67 Å². The number of anilines is 2. The van der Waals surface area contributed by atoms with Gasteiger partial charge in [-0.25, -0.2) is 27.3 Å². The van der Waals surface area contributed by atoms with Gasteiger partial charge in [0.2, 0.25) is 10.0 Å². The topological polar surface area (TPSA) is 127 Å². The van der Waals surface area contributed by atoms with Gasteiger partial charge in [-0.15, -0.1) is 11.3 Å². The molecule has 0 radical (unpaired) electrons. The largest absolute Gasteiger partial charge is 0.447 e. The molecule has 0 saturated heterocycles. The van der Waals surface area contributed by atoms with Crippen molar-refractivity contribution < 1.29 is 22.3 Å². The highest BCUT2D eigenvalue weighted by Crippen LogP contribution is 2.42. The van der Waals surface area contributed by atoms with E-state index in [1.165, 1.54) is 16.0 Å². The van der Waals surface area contributed by atoms with E-state index in [2.05, 4.69) is 20.5 Å². The van der Waals surface area contributed by atoms with E-state index in [4.69, 9.17) is 9.72 Å². The lowest BCUT2D eigenvalue weighted by Crippen LogP contribution is -2.40. The van der Waals surface area contributed by atoms with E-state index >= 15 is 0 Å².